The van der Waals surface area contributed by atoms with Crippen molar-refractivity contribution in [2.45, 2.75) is 6.92 Å². The van der Waals surface area contributed by atoms with Crippen molar-refractivity contribution in [3.8, 4) is 22.6 Å². The Morgan fingerprint density at radius 1 is 0.913 bits per heavy atom. The van der Waals surface area contributed by atoms with Gasteiger partial charge >= 0.3 is 0 Å². The number of pyridine rings is 1. The molecule has 0 aliphatic carbocycles. The molecule has 0 saturated carbocycles. The van der Waals surface area contributed by atoms with Gasteiger partial charge < -0.3 is 10.1 Å². The minimum Gasteiger partial charge on any atom is -0.454 e. The molecule has 4 heteroatoms. The first kappa shape index (κ1) is 13.5. The van der Waals surface area contributed by atoms with Gasteiger partial charge in [0.1, 0.15) is 5.75 Å². The molecule has 1 N–H and O–H groups in total. The van der Waals surface area contributed by atoms with Crippen LogP contribution in [0.2, 0.25) is 0 Å². The second kappa shape index (κ2) is 5.25. The van der Waals surface area contributed by atoms with Gasteiger partial charge in [0, 0.05) is 12.4 Å². The summed E-state index contributed by atoms with van der Waals surface area (Å²) >= 11 is 0. The van der Waals surface area contributed by atoms with Gasteiger partial charge in [0.05, 0.1) is 11.3 Å². The molecule has 3 aromatic rings. The standard InChI is InChI=1S/C19H14N2O2/c1-12-2-4-18-16(10-12)21-19(22)15-11-14(3-5-17(15)23-18)13-6-8-20-9-7-13/h2-11H,1H3,(H,21,22). The van der Waals surface area contributed by atoms with Crippen LogP contribution in [0.5, 0.6) is 11.5 Å². The molecular weight excluding hydrogens is 288 g/mol. The van der Waals surface area contributed by atoms with E-state index in [1.54, 1.807) is 12.4 Å². The van der Waals surface area contributed by atoms with E-state index in [1.165, 1.54) is 0 Å². The molecule has 1 amide bonds. The van der Waals surface area contributed by atoms with E-state index in [2.05, 4.69) is 10.3 Å². The number of carbonyl (C=O) groups excluding carboxylic acids is 1. The zero-order valence-corrected chi connectivity index (χ0v) is 12.5. The summed E-state index contributed by atoms with van der Waals surface area (Å²) in [6, 6.07) is 15.2. The molecular formula is C19H14N2O2. The Kier molecular flexibility index (Phi) is 3.08. The third-order valence-electron chi connectivity index (χ3n) is 3.84. The van der Waals surface area contributed by atoms with Crippen molar-refractivity contribution in [2.24, 2.45) is 0 Å². The largest absolute Gasteiger partial charge is 0.454 e. The highest BCUT2D eigenvalue weighted by atomic mass is 16.5. The molecule has 1 aromatic heterocycles. The zero-order chi connectivity index (χ0) is 15.8. The first-order valence-corrected chi connectivity index (χ1v) is 7.35. The van der Waals surface area contributed by atoms with Crippen molar-refractivity contribution < 1.29 is 9.53 Å². The average Bonchev–Trinajstić information content (AvgIpc) is 2.71. The summed E-state index contributed by atoms with van der Waals surface area (Å²) in [4.78, 5) is 16.6. The fourth-order valence-corrected chi connectivity index (χ4v) is 2.66. The number of nitrogens with zero attached hydrogens (tertiary/aromatic N) is 1. The lowest BCUT2D eigenvalue weighted by molar-refractivity contribution is 0.102. The highest BCUT2D eigenvalue weighted by Crippen LogP contribution is 2.37. The van der Waals surface area contributed by atoms with Crippen LogP contribution in [0.3, 0.4) is 0 Å². The van der Waals surface area contributed by atoms with E-state index in [1.807, 2.05) is 55.5 Å². The van der Waals surface area contributed by atoms with Crippen molar-refractivity contribution >= 4 is 11.6 Å². The smallest absolute Gasteiger partial charge is 0.259 e. The van der Waals surface area contributed by atoms with E-state index in [0.717, 1.165) is 16.7 Å². The van der Waals surface area contributed by atoms with Gasteiger partial charge in [0.2, 0.25) is 0 Å². The minimum atomic E-state index is -0.166. The summed E-state index contributed by atoms with van der Waals surface area (Å²) in [6.07, 6.45) is 3.46. The first-order chi connectivity index (χ1) is 11.2. The molecule has 0 radical (unpaired) electrons. The predicted octanol–water partition coefficient (Wildman–Crippen LogP) is 4.42. The SMILES string of the molecule is Cc1ccc2c(c1)NC(=O)c1cc(-c3ccncc3)ccc1O2. The molecule has 23 heavy (non-hydrogen) atoms. The van der Waals surface area contributed by atoms with Crippen LogP contribution in [-0.2, 0) is 0 Å². The van der Waals surface area contributed by atoms with Crippen molar-refractivity contribution in [1.29, 1.82) is 0 Å². The molecule has 0 spiro atoms. The van der Waals surface area contributed by atoms with Gasteiger partial charge in [0.25, 0.3) is 5.91 Å². The van der Waals surface area contributed by atoms with E-state index >= 15 is 0 Å². The molecule has 4 nitrogen and oxygen atoms in total. The van der Waals surface area contributed by atoms with Gasteiger partial charge in [-0.25, -0.2) is 0 Å². The summed E-state index contributed by atoms with van der Waals surface area (Å²) in [5.41, 5.74) is 4.24. The van der Waals surface area contributed by atoms with Crippen molar-refractivity contribution in [3.63, 3.8) is 0 Å². The van der Waals surface area contributed by atoms with Crippen molar-refractivity contribution in [1.82, 2.24) is 4.98 Å². The Labute approximate surface area is 133 Å². The quantitative estimate of drug-likeness (QED) is 0.724. The number of aromatic nitrogens is 1. The fourth-order valence-electron chi connectivity index (χ4n) is 2.66. The van der Waals surface area contributed by atoms with Crippen LogP contribution in [-0.4, -0.2) is 10.9 Å². The minimum absolute atomic E-state index is 0.166. The third kappa shape index (κ3) is 2.44. The first-order valence-electron chi connectivity index (χ1n) is 7.35. The molecule has 0 saturated heterocycles. The maximum absolute atomic E-state index is 12.6. The van der Waals surface area contributed by atoms with E-state index in [4.69, 9.17) is 4.74 Å². The van der Waals surface area contributed by atoms with Crippen molar-refractivity contribution in [3.05, 3.63) is 72.1 Å². The van der Waals surface area contributed by atoms with E-state index in [-0.39, 0.29) is 5.91 Å². The lowest BCUT2D eigenvalue weighted by atomic mass is 10.0. The topological polar surface area (TPSA) is 51.2 Å². The Morgan fingerprint density at radius 3 is 2.52 bits per heavy atom. The number of carbonyl (C=O) groups is 1. The Balaban J connectivity index is 1.80. The van der Waals surface area contributed by atoms with Crippen LogP contribution in [0, 0.1) is 6.92 Å². The molecule has 1 aliphatic rings. The Hall–Kier alpha value is -3.14. The number of rotatable bonds is 1. The summed E-state index contributed by atoms with van der Waals surface area (Å²) in [7, 11) is 0. The second-order valence-electron chi connectivity index (χ2n) is 5.50. The number of ether oxygens (including phenoxy) is 1. The van der Waals surface area contributed by atoms with Crippen LogP contribution < -0.4 is 10.1 Å². The summed E-state index contributed by atoms with van der Waals surface area (Å²) < 4.78 is 5.92. The molecule has 1 aliphatic heterocycles. The molecule has 2 aromatic carbocycles. The normalized spacial score (nSPS) is 12.5. The number of aryl methyl sites for hydroxylation is 1. The van der Waals surface area contributed by atoms with Crippen LogP contribution in [0.25, 0.3) is 11.1 Å². The van der Waals surface area contributed by atoms with Gasteiger partial charge in [-0.15, -0.1) is 0 Å². The van der Waals surface area contributed by atoms with Gasteiger partial charge in [-0.2, -0.15) is 0 Å². The number of benzene rings is 2. The highest BCUT2D eigenvalue weighted by Gasteiger charge is 2.21. The molecule has 4 rings (SSSR count). The van der Waals surface area contributed by atoms with E-state index < -0.39 is 0 Å². The van der Waals surface area contributed by atoms with Crippen LogP contribution >= 0.6 is 0 Å². The Bertz CT molecular complexity index is 904. The zero-order valence-electron chi connectivity index (χ0n) is 12.5. The molecule has 112 valence electrons. The molecule has 0 bridgehead atoms. The number of fused-ring (bicyclic) bond motifs is 2. The Morgan fingerprint density at radius 2 is 1.70 bits per heavy atom. The van der Waals surface area contributed by atoms with E-state index in [0.29, 0.717) is 22.7 Å². The lowest BCUT2D eigenvalue weighted by Gasteiger charge is -2.09. The van der Waals surface area contributed by atoms with Gasteiger partial charge in [-0.3, -0.25) is 9.78 Å². The maximum atomic E-state index is 12.6. The molecule has 0 atom stereocenters. The van der Waals surface area contributed by atoms with Crippen LogP contribution in [0.15, 0.2) is 60.9 Å². The van der Waals surface area contributed by atoms with Crippen molar-refractivity contribution in [2.75, 3.05) is 5.32 Å². The van der Waals surface area contributed by atoms with Gasteiger partial charge in [-0.1, -0.05) is 12.1 Å². The van der Waals surface area contributed by atoms with E-state index in [9.17, 15) is 4.79 Å². The highest BCUT2D eigenvalue weighted by molar-refractivity contribution is 6.08. The number of hydrogen-bond donors (Lipinski definition) is 1. The van der Waals surface area contributed by atoms with Gasteiger partial charge in [0.15, 0.2) is 5.75 Å². The number of nitrogens with one attached hydrogen (secondary N) is 1. The number of hydrogen-bond acceptors (Lipinski definition) is 3. The summed E-state index contributed by atoms with van der Waals surface area (Å²) in [6.45, 7) is 1.98. The molecule has 0 fully saturated rings. The van der Waals surface area contributed by atoms with Crippen LogP contribution in [0.4, 0.5) is 5.69 Å². The number of amides is 1. The van der Waals surface area contributed by atoms with Crippen LogP contribution in [0.1, 0.15) is 15.9 Å². The summed E-state index contributed by atoms with van der Waals surface area (Å²) in [5, 5.41) is 2.92. The summed E-state index contributed by atoms with van der Waals surface area (Å²) in [5.74, 6) is 1.04. The maximum Gasteiger partial charge on any atom is 0.259 e. The molecule has 2 heterocycles. The predicted molar refractivity (Wildman–Crippen MR) is 88.9 cm³/mol. The molecule has 0 unspecified atom stereocenters. The average molecular weight is 302 g/mol. The second-order valence-corrected chi connectivity index (χ2v) is 5.50. The lowest BCUT2D eigenvalue weighted by Crippen LogP contribution is -2.10. The van der Waals surface area contributed by atoms with Gasteiger partial charge in [-0.05, 0) is 60.0 Å². The fraction of sp³-hybridized carbons (Fsp3) is 0.0526. The third-order valence-corrected chi connectivity index (χ3v) is 3.84. The number of anilines is 1. The monoisotopic (exact) mass is 302 g/mol.